The van der Waals surface area contributed by atoms with Gasteiger partial charge in [0.1, 0.15) is 0 Å². The standard InChI is InChI=1S/C12H26N4O2S/c1-4-16(19(3,17)18)9-5-8-14-12(13-2)15-10-11-6-7-11/h11H,4-10H2,1-3H3,(H2,13,14,15). The van der Waals surface area contributed by atoms with Gasteiger partial charge in [0, 0.05) is 33.2 Å². The number of aliphatic imine (C=N–C) groups is 1. The maximum atomic E-state index is 11.4. The molecular formula is C12H26N4O2S. The third-order valence-corrected chi connectivity index (χ3v) is 4.56. The van der Waals surface area contributed by atoms with Crippen LogP contribution in [0.15, 0.2) is 4.99 Å². The molecule has 0 spiro atoms. The number of hydrogen-bond acceptors (Lipinski definition) is 3. The van der Waals surface area contributed by atoms with Crippen LogP contribution in [0, 0.1) is 5.92 Å². The topological polar surface area (TPSA) is 73.8 Å². The van der Waals surface area contributed by atoms with Gasteiger partial charge < -0.3 is 10.6 Å². The zero-order valence-electron chi connectivity index (χ0n) is 12.1. The molecule has 1 aliphatic carbocycles. The summed E-state index contributed by atoms with van der Waals surface area (Å²) in [6, 6.07) is 0. The molecule has 1 saturated carbocycles. The number of hydrogen-bond donors (Lipinski definition) is 2. The first kappa shape index (κ1) is 16.2. The summed E-state index contributed by atoms with van der Waals surface area (Å²) in [6.45, 7) is 4.61. The normalized spacial score (nSPS) is 16.7. The molecule has 0 saturated heterocycles. The van der Waals surface area contributed by atoms with Crippen molar-refractivity contribution in [3.8, 4) is 0 Å². The first-order chi connectivity index (χ1) is 8.97. The molecule has 0 heterocycles. The summed E-state index contributed by atoms with van der Waals surface area (Å²) >= 11 is 0. The lowest BCUT2D eigenvalue weighted by Crippen LogP contribution is -2.40. The van der Waals surface area contributed by atoms with E-state index in [4.69, 9.17) is 0 Å². The predicted octanol–water partition coefficient (Wildman–Crippen LogP) is 0.233. The van der Waals surface area contributed by atoms with E-state index in [1.165, 1.54) is 23.4 Å². The highest BCUT2D eigenvalue weighted by Crippen LogP contribution is 2.27. The lowest BCUT2D eigenvalue weighted by molar-refractivity contribution is 0.424. The quantitative estimate of drug-likeness (QED) is 0.381. The molecule has 2 N–H and O–H groups in total. The zero-order chi connectivity index (χ0) is 14.3. The van der Waals surface area contributed by atoms with Crippen LogP contribution in [0.5, 0.6) is 0 Å². The summed E-state index contributed by atoms with van der Waals surface area (Å²) in [5.74, 6) is 1.61. The fourth-order valence-electron chi connectivity index (χ4n) is 1.80. The molecule has 0 aromatic heterocycles. The van der Waals surface area contributed by atoms with Crippen molar-refractivity contribution in [2.75, 3.05) is 39.5 Å². The van der Waals surface area contributed by atoms with E-state index in [0.717, 1.165) is 31.4 Å². The highest BCUT2D eigenvalue weighted by atomic mass is 32.2. The number of sulfonamides is 1. The second-order valence-corrected chi connectivity index (χ2v) is 6.91. The van der Waals surface area contributed by atoms with E-state index in [9.17, 15) is 8.42 Å². The van der Waals surface area contributed by atoms with Crippen LogP contribution in [0.25, 0.3) is 0 Å². The Morgan fingerprint density at radius 3 is 2.53 bits per heavy atom. The highest BCUT2D eigenvalue weighted by Gasteiger charge is 2.21. The molecule has 1 rings (SSSR count). The Kier molecular flexibility index (Phi) is 6.57. The van der Waals surface area contributed by atoms with E-state index in [1.54, 1.807) is 7.05 Å². The fourth-order valence-corrected chi connectivity index (χ4v) is 2.73. The number of nitrogens with one attached hydrogen (secondary N) is 2. The van der Waals surface area contributed by atoms with Gasteiger partial charge in [-0.2, -0.15) is 0 Å². The van der Waals surface area contributed by atoms with Crippen molar-refractivity contribution in [2.45, 2.75) is 26.2 Å². The second-order valence-electron chi connectivity index (χ2n) is 4.93. The van der Waals surface area contributed by atoms with Gasteiger partial charge in [0.2, 0.25) is 10.0 Å². The molecule has 0 aromatic carbocycles. The van der Waals surface area contributed by atoms with Gasteiger partial charge in [-0.25, -0.2) is 12.7 Å². The lowest BCUT2D eigenvalue weighted by atomic mass is 10.4. The van der Waals surface area contributed by atoms with E-state index in [0.29, 0.717) is 13.1 Å². The summed E-state index contributed by atoms with van der Waals surface area (Å²) < 4.78 is 24.3. The third-order valence-electron chi connectivity index (χ3n) is 3.18. The van der Waals surface area contributed by atoms with Crippen LogP contribution in [-0.2, 0) is 10.0 Å². The summed E-state index contributed by atoms with van der Waals surface area (Å²) in [6.07, 6.45) is 4.64. The molecule has 0 atom stereocenters. The summed E-state index contributed by atoms with van der Waals surface area (Å²) in [5.41, 5.74) is 0. The van der Waals surface area contributed by atoms with Crippen molar-refractivity contribution in [1.29, 1.82) is 0 Å². The molecule has 19 heavy (non-hydrogen) atoms. The van der Waals surface area contributed by atoms with Crippen LogP contribution in [0.4, 0.5) is 0 Å². The smallest absolute Gasteiger partial charge is 0.211 e. The van der Waals surface area contributed by atoms with Crippen LogP contribution >= 0.6 is 0 Å². The summed E-state index contributed by atoms with van der Waals surface area (Å²) in [5, 5.41) is 6.47. The molecule has 1 aliphatic rings. The Balaban J connectivity index is 2.17. The number of nitrogens with zero attached hydrogens (tertiary/aromatic N) is 2. The molecule has 0 unspecified atom stereocenters. The van der Waals surface area contributed by atoms with Gasteiger partial charge in [-0.1, -0.05) is 6.92 Å². The Hall–Kier alpha value is -0.820. The maximum Gasteiger partial charge on any atom is 0.211 e. The average molecular weight is 290 g/mol. The van der Waals surface area contributed by atoms with Crippen molar-refractivity contribution < 1.29 is 8.42 Å². The Morgan fingerprint density at radius 2 is 2.05 bits per heavy atom. The molecule has 0 aliphatic heterocycles. The Labute approximate surface area is 116 Å². The van der Waals surface area contributed by atoms with Gasteiger partial charge in [0.25, 0.3) is 0 Å². The number of guanidine groups is 1. The minimum atomic E-state index is -3.07. The minimum Gasteiger partial charge on any atom is -0.356 e. The van der Waals surface area contributed by atoms with Gasteiger partial charge >= 0.3 is 0 Å². The maximum absolute atomic E-state index is 11.4. The van der Waals surface area contributed by atoms with Crippen molar-refractivity contribution in [2.24, 2.45) is 10.9 Å². The zero-order valence-corrected chi connectivity index (χ0v) is 13.0. The molecule has 0 amide bonds. The molecule has 0 aromatic rings. The summed E-state index contributed by atoms with van der Waals surface area (Å²) in [7, 11) is -1.33. The Bertz CT molecular complexity index is 391. The molecule has 7 heteroatoms. The largest absolute Gasteiger partial charge is 0.356 e. The van der Waals surface area contributed by atoms with E-state index >= 15 is 0 Å². The van der Waals surface area contributed by atoms with E-state index in [2.05, 4.69) is 15.6 Å². The van der Waals surface area contributed by atoms with Gasteiger partial charge in [-0.05, 0) is 25.2 Å². The van der Waals surface area contributed by atoms with Crippen LogP contribution in [0.2, 0.25) is 0 Å². The monoisotopic (exact) mass is 290 g/mol. The molecule has 112 valence electrons. The molecular weight excluding hydrogens is 264 g/mol. The Morgan fingerprint density at radius 1 is 1.37 bits per heavy atom. The molecule has 1 fully saturated rings. The van der Waals surface area contributed by atoms with Gasteiger partial charge in [0.15, 0.2) is 5.96 Å². The van der Waals surface area contributed by atoms with Crippen LogP contribution < -0.4 is 10.6 Å². The van der Waals surface area contributed by atoms with Crippen molar-refractivity contribution in [1.82, 2.24) is 14.9 Å². The van der Waals surface area contributed by atoms with E-state index in [1.807, 2.05) is 6.92 Å². The fraction of sp³-hybridized carbons (Fsp3) is 0.917. The van der Waals surface area contributed by atoms with Crippen LogP contribution in [0.1, 0.15) is 26.2 Å². The third kappa shape index (κ3) is 6.77. The molecule has 0 radical (unpaired) electrons. The van der Waals surface area contributed by atoms with Gasteiger partial charge in [-0.15, -0.1) is 0 Å². The van der Waals surface area contributed by atoms with Crippen molar-refractivity contribution >= 4 is 16.0 Å². The van der Waals surface area contributed by atoms with Crippen molar-refractivity contribution in [3.05, 3.63) is 0 Å². The predicted molar refractivity (Wildman–Crippen MR) is 78.8 cm³/mol. The second kappa shape index (κ2) is 7.69. The van der Waals surface area contributed by atoms with E-state index < -0.39 is 10.0 Å². The van der Waals surface area contributed by atoms with Gasteiger partial charge in [0.05, 0.1) is 6.26 Å². The highest BCUT2D eigenvalue weighted by molar-refractivity contribution is 7.88. The average Bonchev–Trinajstić information content (AvgIpc) is 3.15. The lowest BCUT2D eigenvalue weighted by Gasteiger charge is -2.18. The molecule has 6 nitrogen and oxygen atoms in total. The SMILES string of the molecule is CCN(CCCNC(=NC)NCC1CC1)S(C)(=O)=O. The number of rotatable bonds is 8. The van der Waals surface area contributed by atoms with Crippen molar-refractivity contribution in [3.63, 3.8) is 0 Å². The first-order valence-corrected chi connectivity index (χ1v) is 8.71. The van der Waals surface area contributed by atoms with Gasteiger partial charge in [-0.3, -0.25) is 4.99 Å². The molecule has 0 bridgehead atoms. The van der Waals surface area contributed by atoms with E-state index in [-0.39, 0.29) is 0 Å². The van der Waals surface area contributed by atoms with Crippen LogP contribution in [-0.4, -0.2) is 58.2 Å². The minimum absolute atomic E-state index is 0.521. The van der Waals surface area contributed by atoms with Crippen LogP contribution in [0.3, 0.4) is 0 Å². The first-order valence-electron chi connectivity index (χ1n) is 6.87. The summed E-state index contributed by atoms with van der Waals surface area (Å²) in [4.78, 5) is 4.14.